The van der Waals surface area contributed by atoms with Gasteiger partial charge >= 0.3 is 12.0 Å². The lowest BCUT2D eigenvalue weighted by molar-refractivity contribution is -0.142. The predicted octanol–water partition coefficient (Wildman–Crippen LogP) is 1.48. The Morgan fingerprint density at radius 2 is 1.74 bits per heavy atom. The number of carbonyl (C=O) groups is 3. The fourth-order valence-electron chi connectivity index (χ4n) is 2.06. The zero-order chi connectivity index (χ0) is 19.8. The molecule has 0 aliphatic heterocycles. The van der Waals surface area contributed by atoms with E-state index in [1.165, 1.54) is 31.4 Å². The summed E-state index contributed by atoms with van der Waals surface area (Å²) >= 11 is 0. The average molecular weight is 370 g/mol. The van der Waals surface area contributed by atoms with Gasteiger partial charge in [0.1, 0.15) is 11.6 Å². The van der Waals surface area contributed by atoms with E-state index < -0.39 is 17.9 Å². The molecule has 0 atom stereocenters. The van der Waals surface area contributed by atoms with E-state index in [0.717, 1.165) is 0 Å². The van der Waals surface area contributed by atoms with Crippen LogP contribution < -0.4 is 21.1 Å². The number of para-hydroxylation sites is 1. The average Bonchev–Trinajstić information content (AvgIpc) is 2.66. The molecule has 0 fully saturated rings. The summed E-state index contributed by atoms with van der Waals surface area (Å²) < 4.78 is 9.63. The molecule has 2 aromatic carbocycles. The minimum absolute atomic E-state index is 0.209. The number of esters is 1. The molecule has 2 rings (SSSR count). The van der Waals surface area contributed by atoms with Crippen molar-refractivity contribution in [3.8, 4) is 5.75 Å². The summed E-state index contributed by atoms with van der Waals surface area (Å²) in [6.45, 7) is -0.250. The van der Waals surface area contributed by atoms with E-state index in [9.17, 15) is 14.4 Å². The van der Waals surface area contributed by atoms with Crippen LogP contribution in [0.15, 0.2) is 48.5 Å². The summed E-state index contributed by atoms with van der Waals surface area (Å²) in [6.07, 6.45) is 0. The topological polar surface area (TPSA) is 144 Å². The number of imide groups is 1. The van der Waals surface area contributed by atoms with Gasteiger partial charge in [0, 0.05) is 11.1 Å². The fraction of sp³-hybridized carbons (Fsp3) is 0.111. The van der Waals surface area contributed by atoms with Crippen LogP contribution in [0.4, 0.5) is 10.5 Å². The lowest BCUT2D eigenvalue weighted by Gasteiger charge is -2.10. The van der Waals surface area contributed by atoms with E-state index in [4.69, 9.17) is 15.9 Å². The summed E-state index contributed by atoms with van der Waals surface area (Å²) in [5.41, 5.74) is 6.32. The summed E-state index contributed by atoms with van der Waals surface area (Å²) in [5.74, 6) is -0.997. The second-order valence-corrected chi connectivity index (χ2v) is 5.26. The number of urea groups is 1. The van der Waals surface area contributed by atoms with Crippen LogP contribution in [-0.4, -0.2) is 37.5 Å². The Morgan fingerprint density at radius 1 is 1.07 bits per heavy atom. The van der Waals surface area contributed by atoms with E-state index in [1.54, 1.807) is 24.3 Å². The predicted molar refractivity (Wildman–Crippen MR) is 97.9 cm³/mol. The number of carbonyl (C=O) groups excluding carboxylic acids is 3. The van der Waals surface area contributed by atoms with Crippen LogP contribution in [0.5, 0.6) is 5.75 Å². The number of nitrogens with two attached hydrogens (primary N) is 1. The van der Waals surface area contributed by atoms with Crippen LogP contribution in [0.3, 0.4) is 0 Å². The fourth-order valence-corrected chi connectivity index (χ4v) is 2.06. The normalized spacial score (nSPS) is 9.81. The number of anilines is 1. The lowest BCUT2D eigenvalue weighted by atomic mass is 10.1. The Morgan fingerprint density at radius 3 is 2.37 bits per heavy atom. The van der Waals surface area contributed by atoms with E-state index in [2.05, 4.69) is 15.4 Å². The van der Waals surface area contributed by atoms with Gasteiger partial charge in [0.2, 0.25) is 0 Å². The quantitative estimate of drug-likeness (QED) is 0.344. The van der Waals surface area contributed by atoms with Gasteiger partial charge in [-0.25, -0.2) is 9.59 Å². The summed E-state index contributed by atoms with van der Waals surface area (Å²) in [4.78, 5) is 35.2. The van der Waals surface area contributed by atoms with Crippen molar-refractivity contribution in [1.29, 1.82) is 5.41 Å². The van der Waals surface area contributed by atoms with Crippen LogP contribution in [-0.2, 0) is 9.53 Å². The van der Waals surface area contributed by atoms with Gasteiger partial charge in [-0.3, -0.25) is 15.5 Å². The van der Waals surface area contributed by atoms with Crippen LogP contribution in [0, 0.1) is 5.41 Å². The minimum Gasteiger partial charge on any atom is -0.482 e. The number of benzene rings is 2. The molecule has 2 aromatic rings. The van der Waals surface area contributed by atoms with E-state index in [1.807, 2.05) is 0 Å². The van der Waals surface area contributed by atoms with Gasteiger partial charge in [-0.15, -0.1) is 0 Å². The molecule has 9 heteroatoms. The summed E-state index contributed by atoms with van der Waals surface area (Å²) in [7, 11) is 1.25. The molecule has 0 unspecified atom stereocenters. The van der Waals surface area contributed by atoms with E-state index in [0.29, 0.717) is 17.0 Å². The standard InChI is InChI=1S/C18H18N4O5/c1-26-15(23)10-27-12-8-6-11(7-9-12)17(24)22-18(25)21-14-5-3-2-4-13(14)16(19)20/h2-9H,10H2,1H3,(H3,19,20)(H2,21,22,24,25). The molecule has 140 valence electrons. The van der Waals surface area contributed by atoms with Crippen molar-refractivity contribution in [2.45, 2.75) is 0 Å². The number of hydrogen-bond donors (Lipinski definition) is 4. The number of ether oxygens (including phenoxy) is 2. The third-order valence-corrected chi connectivity index (χ3v) is 3.39. The number of hydrogen-bond acceptors (Lipinski definition) is 6. The molecule has 0 aliphatic rings. The van der Waals surface area contributed by atoms with Crippen molar-refractivity contribution in [1.82, 2.24) is 5.32 Å². The Labute approximate surface area is 155 Å². The highest BCUT2D eigenvalue weighted by Crippen LogP contribution is 2.15. The molecular weight excluding hydrogens is 352 g/mol. The molecule has 27 heavy (non-hydrogen) atoms. The Kier molecular flexibility index (Phi) is 6.48. The first kappa shape index (κ1) is 19.4. The maximum Gasteiger partial charge on any atom is 0.343 e. The van der Waals surface area contributed by atoms with Crippen molar-refractivity contribution in [3.05, 3.63) is 59.7 Å². The zero-order valence-corrected chi connectivity index (χ0v) is 14.4. The molecule has 0 heterocycles. The van der Waals surface area contributed by atoms with Crippen molar-refractivity contribution >= 4 is 29.4 Å². The monoisotopic (exact) mass is 370 g/mol. The van der Waals surface area contributed by atoms with Crippen LogP contribution in [0.25, 0.3) is 0 Å². The van der Waals surface area contributed by atoms with Gasteiger partial charge < -0.3 is 20.5 Å². The first-order valence-corrected chi connectivity index (χ1v) is 7.76. The Balaban J connectivity index is 1.95. The van der Waals surface area contributed by atoms with Crippen molar-refractivity contribution < 1.29 is 23.9 Å². The largest absolute Gasteiger partial charge is 0.482 e. The number of methoxy groups -OCH3 is 1. The molecule has 0 saturated carbocycles. The highest BCUT2D eigenvalue weighted by molar-refractivity contribution is 6.10. The summed E-state index contributed by atoms with van der Waals surface area (Å²) in [5, 5.41) is 12.1. The van der Waals surface area contributed by atoms with Crippen molar-refractivity contribution in [2.24, 2.45) is 5.73 Å². The molecule has 0 bridgehead atoms. The summed E-state index contributed by atoms with van der Waals surface area (Å²) in [6, 6.07) is 11.6. The molecule has 9 nitrogen and oxygen atoms in total. The number of amides is 3. The van der Waals surface area contributed by atoms with Crippen molar-refractivity contribution in [3.63, 3.8) is 0 Å². The van der Waals surface area contributed by atoms with E-state index in [-0.39, 0.29) is 18.0 Å². The maximum absolute atomic E-state index is 12.1. The Bertz CT molecular complexity index is 864. The number of nitrogens with one attached hydrogen (secondary N) is 3. The molecular formula is C18H18N4O5. The third kappa shape index (κ3) is 5.56. The van der Waals surface area contributed by atoms with E-state index >= 15 is 0 Å². The number of rotatable bonds is 6. The second-order valence-electron chi connectivity index (χ2n) is 5.26. The van der Waals surface area contributed by atoms with Gasteiger partial charge in [-0.05, 0) is 36.4 Å². The van der Waals surface area contributed by atoms with Gasteiger partial charge in [-0.1, -0.05) is 12.1 Å². The third-order valence-electron chi connectivity index (χ3n) is 3.39. The van der Waals surface area contributed by atoms with Gasteiger partial charge in [0.15, 0.2) is 6.61 Å². The van der Waals surface area contributed by atoms with Crippen LogP contribution >= 0.6 is 0 Å². The lowest BCUT2D eigenvalue weighted by Crippen LogP contribution is -2.34. The zero-order valence-electron chi connectivity index (χ0n) is 14.4. The van der Waals surface area contributed by atoms with Crippen molar-refractivity contribution in [2.75, 3.05) is 19.0 Å². The number of nitrogen functional groups attached to an aromatic ring is 1. The number of amidine groups is 1. The molecule has 0 spiro atoms. The molecule has 0 saturated heterocycles. The smallest absolute Gasteiger partial charge is 0.343 e. The first-order chi connectivity index (χ1) is 12.9. The minimum atomic E-state index is -0.764. The van der Waals surface area contributed by atoms with Crippen LogP contribution in [0.2, 0.25) is 0 Å². The molecule has 0 radical (unpaired) electrons. The highest BCUT2D eigenvalue weighted by Gasteiger charge is 2.13. The molecule has 5 N–H and O–H groups in total. The van der Waals surface area contributed by atoms with Crippen LogP contribution in [0.1, 0.15) is 15.9 Å². The molecule has 0 aliphatic carbocycles. The van der Waals surface area contributed by atoms with Gasteiger partial charge in [0.25, 0.3) is 5.91 Å². The highest BCUT2D eigenvalue weighted by atomic mass is 16.6. The molecule has 0 aromatic heterocycles. The van der Waals surface area contributed by atoms with Gasteiger partial charge in [0.05, 0.1) is 12.8 Å². The Hall–Kier alpha value is -3.88. The maximum atomic E-state index is 12.1. The SMILES string of the molecule is COC(=O)COc1ccc(C(=O)NC(=O)Nc2ccccc2C(=N)N)cc1. The first-order valence-electron chi connectivity index (χ1n) is 7.76. The molecule has 3 amide bonds. The van der Waals surface area contributed by atoms with Gasteiger partial charge in [-0.2, -0.15) is 0 Å². The second kappa shape index (κ2) is 8.99.